The van der Waals surface area contributed by atoms with Crippen LogP contribution in [0.1, 0.15) is 22.9 Å². The van der Waals surface area contributed by atoms with Crippen molar-refractivity contribution in [2.24, 2.45) is 5.73 Å². The van der Waals surface area contributed by atoms with E-state index >= 15 is 0 Å². The van der Waals surface area contributed by atoms with Gasteiger partial charge < -0.3 is 10.6 Å². The average Bonchev–Trinajstić information content (AvgIpc) is 2.90. The lowest BCUT2D eigenvalue weighted by Gasteiger charge is -2.21. The van der Waals surface area contributed by atoms with Gasteiger partial charge in [-0.2, -0.15) is 0 Å². The van der Waals surface area contributed by atoms with Crippen LogP contribution in [0.25, 0.3) is 0 Å². The number of benzene rings is 1. The molecule has 2 N–H and O–H groups in total. The molecule has 0 unspecified atom stereocenters. The van der Waals surface area contributed by atoms with E-state index in [0.717, 1.165) is 14.9 Å². The van der Waals surface area contributed by atoms with E-state index in [1.165, 1.54) is 4.88 Å². The number of hydrogen-bond donors (Lipinski definition) is 1. The standard InChI is InChI=1S/C16H19BrN2OS/c1-2-19(11-14-7-8-15(17)21-14)16(20)9-12-5-3-4-6-13(12)10-18/h3-8H,2,9-11,18H2,1H3. The largest absolute Gasteiger partial charge is 0.338 e. The molecule has 0 spiro atoms. The smallest absolute Gasteiger partial charge is 0.227 e. The molecule has 0 fully saturated rings. The molecule has 2 rings (SSSR count). The Hall–Kier alpha value is -1.17. The summed E-state index contributed by atoms with van der Waals surface area (Å²) in [5.74, 6) is 0.142. The summed E-state index contributed by atoms with van der Waals surface area (Å²) in [4.78, 5) is 15.6. The summed E-state index contributed by atoms with van der Waals surface area (Å²) in [6, 6.07) is 11.9. The maximum absolute atomic E-state index is 12.5. The predicted octanol–water partition coefficient (Wildman–Crippen LogP) is 3.56. The lowest BCUT2D eigenvalue weighted by Crippen LogP contribution is -2.31. The summed E-state index contributed by atoms with van der Waals surface area (Å²) in [7, 11) is 0. The van der Waals surface area contributed by atoms with Gasteiger partial charge in [0.15, 0.2) is 0 Å². The topological polar surface area (TPSA) is 46.3 Å². The summed E-state index contributed by atoms with van der Waals surface area (Å²) in [6.07, 6.45) is 0.410. The zero-order chi connectivity index (χ0) is 15.2. The highest BCUT2D eigenvalue weighted by molar-refractivity contribution is 9.11. The first-order valence-corrected chi connectivity index (χ1v) is 8.53. The lowest BCUT2D eigenvalue weighted by molar-refractivity contribution is -0.130. The molecule has 5 heteroatoms. The lowest BCUT2D eigenvalue weighted by atomic mass is 10.0. The van der Waals surface area contributed by atoms with Crippen molar-refractivity contribution in [3.8, 4) is 0 Å². The molecule has 2 aromatic rings. The van der Waals surface area contributed by atoms with E-state index in [2.05, 4.69) is 22.0 Å². The summed E-state index contributed by atoms with van der Waals surface area (Å²) < 4.78 is 1.09. The van der Waals surface area contributed by atoms with Crippen molar-refractivity contribution in [1.29, 1.82) is 0 Å². The van der Waals surface area contributed by atoms with Gasteiger partial charge in [-0.25, -0.2) is 0 Å². The fraction of sp³-hybridized carbons (Fsp3) is 0.312. The second kappa shape index (κ2) is 7.73. The number of carbonyl (C=O) groups excluding carboxylic acids is 1. The summed E-state index contributed by atoms with van der Waals surface area (Å²) in [6.45, 7) is 3.85. The molecule has 0 atom stereocenters. The van der Waals surface area contributed by atoms with Crippen molar-refractivity contribution in [2.75, 3.05) is 6.54 Å². The number of thiophene rings is 1. The molecule has 1 aromatic carbocycles. The third-order valence-corrected chi connectivity index (χ3v) is 5.00. The van der Waals surface area contributed by atoms with E-state index in [1.807, 2.05) is 42.2 Å². The van der Waals surface area contributed by atoms with Crippen LogP contribution in [0.5, 0.6) is 0 Å². The molecule has 0 aliphatic carbocycles. The van der Waals surface area contributed by atoms with Gasteiger partial charge in [0.2, 0.25) is 5.91 Å². The molecule has 3 nitrogen and oxygen atoms in total. The zero-order valence-electron chi connectivity index (χ0n) is 12.0. The molecule has 0 aliphatic rings. The van der Waals surface area contributed by atoms with Crippen molar-refractivity contribution in [3.05, 3.63) is 56.2 Å². The number of likely N-dealkylation sites (N-methyl/N-ethyl adjacent to an activating group) is 1. The minimum absolute atomic E-state index is 0.142. The monoisotopic (exact) mass is 366 g/mol. The van der Waals surface area contributed by atoms with Gasteiger partial charge in [-0.1, -0.05) is 24.3 Å². The van der Waals surface area contributed by atoms with Gasteiger partial charge in [-0.3, -0.25) is 4.79 Å². The summed E-state index contributed by atoms with van der Waals surface area (Å²) in [5.41, 5.74) is 7.80. The summed E-state index contributed by atoms with van der Waals surface area (Å²) in [5, 5.41) is 0. The van der Waals surface area contributed by atoms with E-state index in [-0.39, 0.29) is 5.91 Å². The molecule has 1 aromatic heterocycles. The minimum Gasteiger partial charge on any atom is -0.338 e. The average molecular weight is 367 g/mol. The van der Waals surface area contributed by atoms with Crippen LogP contribution < -0.4 is 5.73 Å². The van der Waals surface area contributed by atoms with Crippen molar-refractivity contribution < 1.29 is 4.79 Å². The number of hydrogen-bond acceptors (Lipinski definition) is 3. The minimum atomic E-state index is 0.142. The van der Waals surface area contributed by atoms with Crippen molar-refractivity contribution in [1.82, 2.24) is 4.90 Å². The second-order valence-electron chi connectivity index (χ2n) is 4.76. The highest BCUT2D eigenvalue weighted by atomic mass is 79.9. The molecular formula is C16H19BrN2OS. The van der Waals surface area contributed by atoms with E-state index in [9.17, 15) is 4.79 Å². The van der Waals surface area contributed by atoms with Crippen molar-refractivity contribution in [3.63, 3.8) is 0 Å². The van der Waals surface area contributed by atoms with Gasteiger partial charge in [0, 0.05) is 18.0 Å². The highest BCUT2D eigenvalue weighted by Gasteiger charge is 2.15. The Morgan fingerprint density at radius 3 is 2.52 bits per heavy atom. The maximum Gasteiger partial charge on any atom is 0.227 e. The molecule has 0 aliphatic heterocycles. The second-order valence-corrected chi connectivity index (χ2v) is 7.31. The fourth-order valence-electron chi connectivity index (χ4n) is 2.20. The van der Waals surface area contributed by atoms with Crippen molar-refractivity contribution >= 4 is 33.2 Å². The third kappa shape index (κ3) is 4.40. The molecular weight excluding hydrogens is 348 g/mol. The number of nitrogens with zero attached hydrogens (tertiary/aromatic N) is 1. The van der Waals surface area contributed by atoms with Gasteiger partial charge >= 0.3 is 0 Å². The Kier molecular flexibility index (Phi) is 5.96. The SMILES string of the molecule is CCN(Cc1ccc(Br)s1)C(=O)Cc1ccccc1CN. The fourth-order valence-corrected chi connectivity index (χ4v) is 3.70. The Bertz CT molecular complexity index is 612. The van der Waals surface area contributed by atoms with Crippen molar-refractivity contribution in [2.45, 2.75) is 26.4 Å². The van der Waals surface area contributed by atoms with E-state index in [0.29, 0.717) is 26.1 Å². The number of rotatable bonds is 6. The zero-order valence-corrected chi connectivity index (χ0v) is 14.4. The Morgan fingerprint density at radius 1 is 1.24 bits per heavy atom. The van der Waals surface area contributed by atoms with Crippen LogP contribution in [-0.2, 0) is 24.3 Å². The molecule has 0 radical (unpaired) electrons. The van der Waals surface area contributed by atoms with E-state index < -0.39 is 0 Å². The first-order valence-electron chi connectivity index (χ1n) is 6.93. The van der Waals surface area contributed by atoms with E-state index in [1.54, 1.807) is 11.3 Å². The molecule has 0 bridgehead atoms. The maximum atomic E-state index is 12.5. The quantitative estimate of drug-likeness (QED) is 0.849. The highest BCUT2D eigenvalue weighted by Crippen LogP contribution is 2.23. The van der Waals surface area contributed by atoms with E-state index in [4.69, 9.17) is 5.73 Å². The van der Waals surface area contributed by atoms with Crippen LogP contribution in [0.15, 0.2) is 40.2 Å². The van der Waals surface area contributed by atoms with Gasteiger partial charge in [0.1, 0.15) is 0 Å². The normalized spacial score (nSPS) is 10.6. The van der Waals surface area contributed by atoms with Gasteiger partial charge in [0.25, 0.3) is 0 Å². The van der Waals surface area contributed by atoms with Crippen LogP contribution in [0.3, 0.4) is 0 Å². The summed E-state index contributed by atoms with van der Waals surface area (Å²) >= 11 is 5.12. The van der Waals surface area contributed by atoms with Gasteiger partial charge in [-0.05, 0) is 46.1 Å². The Morgan fingerprint density at radius 2 is 1.95 bits per heavy atom. The van der Waals surface area contributed by atoms with Crippen LogP contribution in [0.4, 0.5) is 0 Å². The van der Waals surface area contributed by atoms with Crippen LogP contribution in [-0.4, -0.2) is 17.4 Å². The molecule has 21 heavy (non-hydrogen) atoms. The van der Waals surface area contributed by atoms with Crippen LogP contribution in [0.2, 0.25) is 0 Å². The first kappa shape index (κ1) is 16.2. The Balaban J connectivity index is 2.06. The number of nitrogens with two attached hydrogens (primary N) is 1. The number of halogens is 1. The van der Waals surface area contributed by atoms with Crippen LogP contribution in [0, 0.1) is 0 Å². The molecule has 112 valence electrons. The Labute approximate surface area is 137 Å². The molecule has 1 heterocycles. The molecule has 0 saturated heterocycles. The first-order chi connectivity index (χ1) is 10.1. The van der Waals surface area contributed by atoms with Crippen LogP contribution >= 0.6 is 27.3 Å². The third-order valence-electron chi connectivity index (χ3n) is 3.39. The van der Waals surface area contributed by atoms with Gasteiger partial charge in [-0.15, -0.1) is 11.3 Å². The molecule has 0 saturated carbocycles. The molecule has 1 amide bonds. The number of amides is 1. The number of carbonyl (C=O) groups is 1. The van der Waals surface area contributed by atoms with Gasteiger partial charge in [0.05, 0.1) is 16.8 Å². The predicted molar refractivity (Wildman–Crippen MR) is 91.1 cm³/mol.